The van der Waals surface area contributed by atoms with E-state index in [1.54, 1.807) is 19.2 Å². The topological polar surface area (TPSA) is 96.6 Å². The molecule has 1 aromatic carbocycles. The van der Waals surface area contributed by atoms with Gasteiger partial charge in [0.1, 0.15) is 5.76 Å². The van der Waals surface area contributed by atoms with Crippen LogP contribution in [0.1, 0.15) is 57.2 Å². The van der Waals surface area contributed by atoms with Crippen molar-refractivity contribution in [3.8, 4) is 0 Å². The van der Waals surface area contributed by atoms with Crippen LogP contribution in [0.4, 0.5) is 0 Å². The quantitative estimate of drug-likeness (QED) is 0.489. The Morgan fingerprint density at radius 1 is 1.10 bits per heavy atom. The molecule has 0 atom stereocenters. The van der Waals surface area contributed by atoms with Crippen molar-refractivity contribution in [2.75, 3.05) is 19.3 Å². The van der Waals surface area contributed by atoms with Crippen LogP contribution in [0.2, 0.25) is 0 Å². The van der Waals surface area contributed by atoms with Crippen molar-refractivity contribution in [1.82, 2.24) is 15.8 Å². The highest BCUT2D eigenvalue weighted by molar-refractivity contribution is 7.91. The predicted molar refractivity (Wildman–Crippen MR) is 121 cm³/mol. The number of hydrogen-bond donors (Lipinski definition) is 2. The van der Waals surface area contributed by atoms with Crippen LogP contribution in [0, 0.1) is 0 Å². The number of aromatic nitrogens is 1. The van der Waals surface area contributed by atoms with Gasteiger partial charge in [0.25, 0.3) is 0 Å². The third kappa shape index (κ3) is 6.08. The zero-order valence-electron chi connectivity index (χ0n) is 18.9. The molecular weight excluding hydrogens is 400 g/mol. The van der Waals surface area contributed by atoms with Crippen LogP contribution in [-0.2, 0) is 34.6 Å². The fraction of sp³-hybridized carbons (Fsp3) is 0.545. The number of hydrogen-bond acceptors (Lipinski definition) is 5. The van der Waals surface area contributed by atoms with Crippen LogP contribution >= 0.6 is 0 Å². The zero-order chi connectivity index (χ0) is 22.4. The number of guanidine groups is 1. The second kappa shape index (κ2) is 10.1. The Morgan fingerprint density at radius 2 is 1.77 bits per heavy atom. The summed E-state index contributed by atoms with van der Waals surface area (Å²) < 4.78 is 30.7. The first-order valence-corrected chi connectivity index (χ1v) is 12.0. The molecule has 0 saturated heterocycles. The van der Waals surface area contributed by atoms with E-state index in [1.807, 2.05) is 26.0 Å². The van der Waals surface area contributed by atoms with Gasteiger partial charge < -0.3 is 15.2 Å². The minimum Gasteiger partial charge on any atom is -0.361 e. The lowest BCUT2D eigenvalue weighted by molar-refractivity contribution is 0.380. The maximum atomic E-state index is 12.7. The number of nitrogens with zero attached hydrogens (tertiary/aromatic N) is 2. The van der Waals surface area contributed by atoms with Crippen LogP contribution in [0.3, 0.4) is 0 Å². The Kier molecular flexibility index (Phi) is 8.06. The number of aliphatic imine (C=N–C) groups is 1. The second-order valence-corrected chi connectivity index (χ2v) is 10.3. The van der Waals surface area contributed by atoms with Crippen LogP contribution in [0.15, 0.2) is 38.7 Å². The molecule has 2 rings (SSSR count). The summed E-state index contributed by atoms with van der Waals surface area (Å²) >= 11 is 0. The average Bonchev–Trinajstić information content (AvgIpc) is 3.11. The van der Waals surface area contributed by atoms with Gasteiger partial charge in [0, 0.05) is 32.1 Å². The van der Waals surface area contributed by atoms with E-state index < -0.39 is 9.84 Å². The van der Waals surface area contributed by atoms with Gasteiger partial charge in [-0.1, -0.05) is 51.9 Å². The van der Waals surface area contributed by atoms with Gasteiger partial charge in [-0.05, 0) is 29.5 Å². The summed E-state index contributed by atoms with van der Waals surface area (Å²) in [6, 6.07) is 7.15. The Labute approximate surface area is 180 Å². The van der Waals surface area contributed by atoms with Gasteiger partial charge in [-0.25, -0.2) is 8.42 Å². The standard InChI is InChI=1S/C22H34N4O3S/c1-7-19-18(20(8-2)29-26-19)15-25-21(23-6)24-13-14-30(27,28)17-11-9-16(10-12-17)22(3,4)5/h9-12H,7-8,13-15H2,1-6H3,(H2,23,24,25). The van der Waals surface area contributed by atoms with Gasteiger partial charge in [0.05, 0.1) is 16.3 Å². The average molecular weight is 435 g/mol. The number of rotatable bonds is 8. The molecule has 0 aliphatic heterocycles. The normalized spacial score (nSPS) is 12.8. The predicted octanol–water partition coefficient (Wildman–Crippen LogP) is 3.24. The molecule has 0 spiro atoms. The summed E-state index contributed by atoms with van der Waals surface area (Å²) in [7, 11) is -1.72. The lowest BCUT2D eigenvalue weighted by Crippen LogP contribution is -2.39. The van der Waals surface area contributed by atoms with E-state index in [0.29, 0.717) is 17.4 Å². The molecule has 2 N–H and O–H groups in total. The molecule has 0 bridgehead atoms. The minimum atomic E-state index is -3.38. The number of aryl methyl sites for hydroxylation is 2. The molecule has 8 heteroatoms. The van der Waals surface area contributed by atoms with Crippen LogP contribution < -0.4 is 10.6 Å². The second-order valence-electron chi connectivity index (χ2n) is 8.18. The molecule has 0 amide bonds. The fourth-order valence-corrected chi connectivity index (χ4v) is 4.27. The van der Waals surface area contributed by atoms with E-state index in [4.69, 9.17) is 4.52 Å². The summed E-state index contributed by atoms with van der Waals surface area (Å²) in [6.07, 6.45) is 1.56. The van der Waals surface area contributed by atoms with Crippen LogP contribution in [0.5, 0.6) is 0 Å². The van der Waals surface area contributed by atoms with Gasteiger partial charge in [0.15, 0.2) is 15.8 Å². The molecule has 0 saturated carbocycles. The Balaban J connectivity index is 1.93. The number of nitrogens with one attached hydrogen (secondary N) is 2. The van der Waals surface area contributed by atoms with Gasteiger partial charge >= 0.3 is 0 Å². The molecule has 7 nitrogen and oxygen atoms in total. The molecule has 0 aliphatic carbocycles. The molecule has 0 fully saturated rings. The van der Waals surface area contributed by atoms with Crippen molar-refractivity contribution in [1.29, 1.82) is 0 Å². The minimum absolute atomic E-state index is 0.0121. The third-order valence-corrected chi connectivity index (χ3v) is 6.74. The molecule has 1 aromatic heterocycles. The van der Waals surface area contributed by atoms with Gasteiger partial charge in [-0.15, -0.1) is 0 Å². The van der Waals surface area contributed by atoms with Gasteiger partial charge in [-0.2, -0.15) is 0 Å². The van der Waals surface area contributed by atoms with E-state index in [2.05, 4.69) is 41.6 Å². The molecule has 1 heterocycles. The highest BCUT2D eigenvalue weighted by Gasteiger charge is 2.18. The summed E-state index contributed by atoms with van der Waals surface area (Å²) in [4.78, 5) is 4.52. The monoisotopic (exact) mass is 434 g/mol. The highest BCUT2D eigenvalue weighted by Crippen LogP contribution is 2.23. The van der Waals surface area contributed by atoms with E-state index >= 15 is 0 Å². The molecule has 30 heavy (non-hydrogen) atoms. The van der Waals surface area contributed by atoms with Crippen molar-refractivity contribution in [2.24, 2.45) is 4.99 Å². The van der Waals surface area contributed by atoms with Crippen molar-refractivity contribution < 1.29 is 12.9 Å². The Bertz CT molecular complexity index is 934. The first-order valence-electron chi connectivity index (χ1n) is 10.4. The van der Waals surface area contributed by atoms with E-state index in [9.17, 15) is 8.42 Å². The maximum absolute atomic E-state index is 12.7. The Morgan fingerprint density at radius 3 is 2.30 bits per heavy atom. The maximum Gasteiger partial charge on any atom is 0.191 e. The lowest BCUT2D eigenvalue weighted by atomic mass is 9.87. The van der Waals surface area contributed by atoms with Crippen LogP contribution in [0.25, 0.3) is 0 Å². The first kappa shape index (κ1) is 23.9. The van der Waals surface area contributed by atoms with E-state index in [-0.39, 0.29) is 17.7 Å². The van der Waals surface area contributed by atoms with Gasteiger partial charge in [0.2, 0.25) is 0 Å². The van der Waals surface area contributed by atoms with Gasteiger partial charge in [-0.3, -0.25) is 4.99 Å². The van der Waals surface area contributed by atoms with Crippen molar-refractivity contribution in [3.63, 3.8) is 0 Å². The molecule has 2 aromatic rings. The fourth-order valence-electron chi connectivity index (χ4n) is 3.11. The van der Waals surface area contributed by atoms with Crippen molar-refractivity contribution >= 4 is 15.8 Å². The first-order chi connectivity index (χ1) is 14.1. The summed E-state index contributed by atoms with van der Waals surface area (Å²) in [5.41, 5.74) is 3.06. The van der Waals surface area contributed by atoms with Crippen LogP contribution in [-0.4, -0.2) is 38.9 Å². The zero-order valence-corrected chi connectivity index (χ0v) is 19.7. The van der Waals surface area contributed by atoms with E-state index in [0.717, 1.165) is 35.4 Å². The van der Waals surface area contributed by atoms with Crippen molar-refractivity contribution in [3.05, 3.63) is 46.8 Å². The van der Waals surface area contributed by atoms with Crippen molar-refractivity contribution in [2.45, 2.75) is 64.3 Å². The number of sulfone groups is 1. The molecule has 0 radical (unpaired) electrons. The summed E-state index contributed by atoms with van der Waals surface area (Å²) in [6.45, 7) is 11.1. The summed E-state index contributed by atoms with van der Waals surface area (Å²) in [5.74, 6) is 1.38. The lowest BCUT2D eigenvalue weighted by Gasteiger charge is -2.19. The highest BCUT2D eigenvalue weighted by atomic mass is 32.2. The SMILES string of the molecule is CCc1noc(CC)c1CNC(=NC)NCCS(=O)(=O)c1ccc(C(C)(C)C)cc1. The Hall–Kier alpha value is -2.35. The molecule has 166 valence electrons. The third-order valence-electron chi connectivity index (χ3n) is 5.01. The molecule has 0 unspecified atom stereocenters. The largest absolute Gasteiger partial charge is 0.361 e. The molecule has 0 aliphatic rings. The molecular formula is C22H34N4O3S. The van der Waals surface area contributed by atoms with E-state index in [1.165, 1.54) is 0 Å². The summed E-state index contributed by atoms with van der Waals surface area (Å²) in [5, 5.41) is 10.4. The number of benzene rings is 1. The smallest absolute Gasteiger partial charge is 0.191 e.